The molecule has 1 atom stereocenters. The van der Waals surface area contributed by atoms with Crippen molar-refractivity contribution in [3.63, 3.8) is 0 Å². The molecule has 0 aliphatic rings. The first-order valence-corrected chi connectivity index (χ1v) is 9.14. The van der Waals surface area contributed by atoms with E-state index in [-0.39, 0.29) is 17.7 Å². The molecule has 1 aromatic carbocycles. The Balaban J connectivity index is 1.88. The highest BCUT2D eigenvalue weighted by molar-refractivity contribution is 7.12. The number of amides is 2. The zero-order valence-corrected chi connectivity index (χ0v) is 15.6. The van der Waals surface area contributed by atoms with E-state index in [1.54, 1.807) is 18.0 Å². The van der Waals surface area contributed by atoms with Crippen LogP contribution in [0.5, 0.6) is 5.75 Å². The van der Waals surface area contributed by atoms with E-state index in [9.17, 15) is 9.59 Å². The summed E-state index contributed by atoms with van der Waals surface area (Å²) in [7, 11) is 1.73. The molecule has 25 heavy (non-hydrogen) atoms. The third-order valence-electron chi connectivity index (χ3n) is 3.78. The lowest BCUT2D eigenvalue weighted by Crippen LogP contribution is -2.50. The van der Waals surface area contributed by atoms with Crippen LogP contribution in [0, 0.1) is 5.92 Å². The summed E-state index contributed by atoms with van der Waals surface area (Å²) >= 11 is 1.36. The van der Waals surface area contributed by atoms with E-state index in [1.807, 2.05) is 55.6 Å². The van der Waals surface area contributed by atoms with Crippen molar-refractivity contribution in [3.05, 3.63) is 52.7 Å². The third-order valence-corrected chi connectivity index (χ3v) is 4.65. The predicted molar refractivity (Wildman–Crippen MR) is 100.0 cm³/mol. The molecule has 0 spiro atoms. The Morgan fingerprint density at radius 1 is 1.16 bits per heavy atom. The maximum atomic E-state index is 12.7. The number of ether oxygens (including phenoxy) is 1. The zero-order valence-electron chi connectivity index (χ0n) is 14.8. The molecule has 1 heterocycles. The number of carbonyl (C=O) groups excluding carboxylic acids is 2. The molecule has 5 nitrogen and oxygen atoms in total. The number of nitrogens with zero attached hydrogens (tertiary/aromatic N) is 1. The zero-order chi connectivity index (χ0) is 18.2. The van der Waals surface area contributed by atoms with Crippen molar-refractivity contribution in [1.29, 1.82) is 0 Å². The summed E-state index contributed by atoms with van der Waals surface area (Å²) in [5.41, 5.74) is 0. The van der Waals surface area contributed by atoms with Crippen LogP contribution in [0.2, 0.25) is 0 Å². The van der Waals surface area contributed by atoms with Crippen LogP contribution < -0.4 is 10.1 Å². The molecule has 2 rings (SSSR count). The lowest BCUT2D eigenvalue weighted by Gasteiger charge is -2.27. The van der Waals surface area contributed by atoms with Crippen LogP contribution in [-0.2, 0) is 4.79 Å². The van der Waals surface area contributed by atoms with Gasteiger partial charge in [0.25, 0.3) is 5.91 Å². The summed E-state index contributed by atoms with van der Waals surface area (Å²) in [5.74, 6) is 0.441. The van der Waals surface area contributed by atoms with Crippen molar-refractivity contribution < 1.29 is 14.3 Å². The second-order valence-electron chi connectivity index (χ2n) is 6.09. The van der Waals surface area contributed by atoms with E-state index in [0.717, 1.165) is 5.75 Å². The number of benzene rings is 1. The number of thiophene rings is 1. The van der Waals surface area contributed by atoms with Gasteiger partial charge >= 0.3 is 0 Å². The quantitative estimate of drug-likeness (QED) is 0.787. The molecule has 2 aromatic rings. The van der Waals surface area contributed by atoms with Crippen LogP contribution >= 0.6 is 11.3 Å². The number of carbonyl (C=O) groups is 2. The average Bonchev–Trinajstić information content (AvgIpc) is 3.14. The Labute approximate surface area is 152 Å². The molecule has 1 N–H and O–H groups in total. The van der Waals surface area contributed by atoms with Gasteiger partial charge < -0.3 is 15.0 Å². The van der Waals surface area contributed by atoms with Crippen LogP contribution in [0.15, 0.2) is 47.8 Å². The SMILES string of the molecule is CC(C)C(NC(=O)c1cccs1)C(=O)N(C)CCOc1ccccc1. The maximum Gasteiger partial charge on any atom is 0.262 e. The highest BCUT2D eigenvalue weighted by atomic mass is 32.1. The number of nitrogens with one attached hydrogen (secondary N) is 1. The Kier molecular flexibility index (Phi) is 7.01. The summed E-state index contributed by atoms with van der Waals surface area (Å²) < 4.78 is 5.63. The first-order valence-electron chi connectivity index (χ1n) is 8.26. The second kappa shape index (κ2) is 9.22. The van der Waals surface area contributed by atoms with E-state index in [4.69, 9.17) is 4.74 Å². The lowest BCUT2D eigenvalue weighted by molar-refractivity contribution is -0.133. The van der Waals surface area contributed by atoms with Gasteiger partial charge in [0.1, 0.15) is 18.4 Å². The molecule has 0 aliphatic heterocycles. The van der Waals surface area contributed by atoms with Crippen molar-refractivity contribution in [2.75, 3.05) is 20.2 Å². The standard InChI is InChI=1S/C19H24N2O3S/c1-14(2)17(20-18(22)16-10-7-13-25-16)19(23)21(3)11-12-24-15-8-5-4-6-9-15/h4-10,13-14,17H,11-12H2,1-3H3,(H,20,22). The summed E-state index contributed by atoms with van der Waals surface area (Å²) in [4.78, 5) is 27.1. The Morgan fingerprint density at radius 2 is 1.88 bits per heavy atom. The van der Waals surface area contributed by atoms with Crippen molar-refractivity contribution in [2.24, 2.45) is 5.92 Å². The van der Waals surface area contributed by atoms with Crippen LogP contribution in [0.4, 0.5) is 0 Å². The van der Waals surface area contributed by atoms with Gasteiger partial charge in [-0.05, 0) is 29.5 Å². The summed E-state index contributed by atoms with van der Waals surface area (Å²) in [6.45, 7) is 4.69. The van der Waals surface area contributed by atoms with Crippen LogP contribution in [-0.4, -0.2) is 43.0 Å². The first kappa shape index (κ1) is 19.0. The minimum Gasteiger partial charge on any atom is -0.492 e. The lowest BCUT2D eigenvalue weighted by atomic mass is 10.0. The average molecular weight is 360 g/mol. The second-order valence-corrected chi connectivity index (χ2v) is 7.04. The maximum absolute atomic E-state index is 12.7. The molecule has 0 aliphatic carbocycles. The highest BCUT2D eigenvalue weighted by Crippen LogP contribution is 2.12. The van der Waals surface area contributed by atoms with Gasteiger partial charge in [-0.15, -0.1) is 11.3 Å². The summed E-state index contributed by atoms with van der Waals surface area (Å²) in [6.07, 6.45) is 0. The van der Waals surface area contributed by atoms with Gasteiger partial charge in [0.15, 0.2) is 0 Å². The fourth-order valence-electron chi connectivity index (χ4n) is 2.30. The molecule has 6 heteroatoms. The van der Waals surface area contributed by atoms with Gasteiger partial charge in [-0.25, -0.2) is 0 Å². The predicted octanol–water partition coefficient (Wildman–Crippen LogP) is 3.04. The smallest absolute Gasteiger partial charge is 0.262 e. The fourth-order valence-corrected chi connectivity index (χ4v) is 2.93. The fraction of sp³-hybridized carbons (Fsp3) is 0.368. The van der Waals surface area contributed by atoms with Crippen LogP contribution in [0.3, 0.4) is 0 Å². The van der Waals surface area contributed by atoms with Crippen molar-refractivity contribution >= 4 is 23.2 Å². The van der Waals surface area contributed by atoms with E-state index < -0.39 is 6.04 Å². The topological polar surface area (TPSA) is 58.6 Å². The van der Waals surface area contributed by atoms with E-state index in [1.165, 1.54) is 11.3 Å². The number of rotatable bonds is 8. The molecule has 0 radical (unpaired) electrons. The van der Waals surface area contributed by atoms with Gasteiger partial charge in [0.05, 0.1) is 11.4 Å². The number of para-hydroxylation sites is 1. The Morgan fingerprint density at radius 3 is 2.48 bits per heavy atom. The van der Waals surface area contributed by atoms with Crippen molar-refractivity contribution in [2.45, 2.75) is 19.9 Å². The Bertz CT molecular complexity index is 671. The molecular weight excluding hydrogens is 336 g/mol. The Hall–Kier alpha value is -2.34. The van der Waals surface area contributed by atoms with Crippen LogP contribution in [0.25, 0.3) is 0 Å². The number of hydrogen-bond acceptors (Lipinski definition) is 4. The molecule has 134 valence electrons. The van der Waals surface area contributed by atoms with Gasteiger partial charge in [0.2, 0.25) is 5.91 Å². The van der Waals surface area contributed by atoms with Crippen molar-refractivity contribution in [3.8, 4) is 5.75 Å². The first-order chi connectivity index (χ1) is 12.0. The summed E-state index contributed by atoms with van der Waals surface area (Å²) in [6, 6.07) is 12.5. The van der Waals surface area contributed by atoms with Gasteiger partial charge in [-0.2, -0.15) is 0 Å². The number of hydrogen-bond donors (Lipinski definition) is 1. The minimum atomic E-state index is -0.559. The molecule has 1 aromatic heterocycles. The van der Waals surface area contributed by atoms with E-state index >= 15 is 0 Å². The van der Waals surface area contributed by atoms with Gasteiger partial charge in [0, 0.05) is 7.05 Å². The largest absolute Gasteiger partial charge is 0.492 e. The van der Waals surface area contributed by atoms with Crippen LogP contribution in [0.1, 0.15) is 23.5 Å². The van der Waals surface area contributed by atoms with E-state index in [0.29, 0.717) is 18.0 Å². The molecule has 0 saturated heterocycles. The molecule has 0 fully saturated rings. The molecule has 0 saturated carbocycles. The molecular formula is C19H24N2O3S. The molecule has 0 bridgehead atoms. The summed E-state index contributed by atoms with van der Waals surface area (Å²) in [5, 5.41) is 4.69. The monoisotopic (exact) mass is 360 g/mol. The van der Waals surface area contributed by atoms with Gasteiger partial charge in [-0.3, -0.25) is 9.59 Å². The molecule has 1 unspecified atom stereocenters. The van der Waals surface area contributed by atoms with Gasteiger partial charge in [-0.1, -0.05) is 38.1 Å². The van der Waals surface area contributed by atoms with E-state index in [2.05, 4.69) is 5.32 Å². The normalized spacial score (nSPS) is 11.8. The number of likely N-dealkylation sites (N-methyl/N-ethyl adjacent to an activating group) is 1. The third kappa shape index (κ3) is 5.60. The highest BCUT2D eigenvalue weighted by Gasteiger charge is 2.27. The molecule has 2 amide bonds. The van der Waals surface area contributed by atoms with Crippen molar-refractivity contribution in [1.82, 2.24) is 10.2 Å². The minimum absolute atomic E-state index is 0.00564.